The largest absolute Gasteiger partial charge is 0.317 e. The number of hydrogen-bond donors (Lipinski definition) is 0. The van der Waals surface area contributed by atoms with E-state index in [9.17, 15) is 0 Å². The van der Waals surface area contributed by atoms with Crippen molar-refractivity contribution >= 4 is 16.6 Å². The quantitative estimate of drug-likeness (QED) is 0.665. The van der Waals surface area contributed by atoms with Gasteiger partial charge < -0.3 is 4.57 Å². The Morgan fingerprint density at radius 1 is 1.12 bits per heavy atom. The first-order valence-corrected chi connectivity index (χ1v) is 5.79. The zero-order chi connectivity index (χ0) is 11.0. The Balaban J connectivity index is 2.17. The second-order valence-electron chi connectivity index (χ2n) is 4.36. The molecular formula is C15H15N. The van der Waals surface area contributed by atoms with E-state index in [1.807, 2.05) is 0 Å². The van der Waals surface area contributed by atoms with E-state index in [0.717, 1.165) is 6.42 Å². The highest BCUT2D eigenvalue weighted by Gasteiger charge is 2.04. The molecule has 2 aromatic rings. The number of nitrogens with zero attached hydrogens (tertiary/aromatic N) is 1. The molecule has 1 aliphatic carbocycles. The van der Waals surface area contributed by atoms with Crippen molar-refractivity contribution in [2.75, 3.05) is 0 Å². The summed E-state index contributed by atoms with van der Waals surface area (Å²) in [6, 6.07) is 8.80. The Morgan fingerprint density at radius 3 is 2.88 bits per heavy atom. The Hall–Kier alpha value is -1.76. The van der Waals surface area contributed by atoms with Gasteiger partial charge in [-0.2, -0.15) is 0 Å². The summed E-state index contributed by atoms with van der Waals surface area (Å²) in [4.78, 5) is 0. The van der Waals surface area contributed by atoms with Crippen LogP contribution in [-0.4, -0.2) is 4.57 Å². The zero-order valence-electron chi connectivity index (χ0n) is 9.48. The van der Waals surface area contributed by atoms with E-state index >= 15 is 0 Å². The van der Waals surface area contributed by atoms with Crippen molar-refractivity contribution < 1.29 is 0 Å². The first-order chi connectivity index (χ1) is 7.84. The maximum absolute atomic E-state index is 2.30. The van der Waals surface area contributed by atoms with Crippen molar-refractivity contribution in [2.45, 2.75) is 19.8 Å². The summed E-state index contributed by atoms with van der Waals surface area (Å²) in [5.41, 5.74) is 3.91. The third-order valence-electron chi connectivity index (χ3n) is 3.10. The second-order valence-corrected chi connectivity index (χ2v) is 4.36. The number of benzene rings is 1. The molecule has 3 rings (SSSR count). The number of allylic oxidation sites excluding steroid dienone is 4. The van der Waals surface area contributed by atoms with Crippen LogP contribution in [0.3, 0.4) is 0 Å². The SMILES string of the molecule is Cc1ccc2c(ccn2C2=CCCC=C2)c1. The van der Waals surface area contributed by atoms with Crippen molar-refractivity contribution in [3.63, 3.8) is 0 Å². The van der Waals surface area contributed by atoms with Gasteiger partial charge in [0.05, 0.1) is 5.52 Å². The van der Waals surface area contributed by atoms with Crippen LogP contribution in [0.15, 0.2) is 48.7 Å². The predicted molar refractivity (Wildman–Crippen MR) is 69.3 cm³/mol. The lowest BCUT2D eigenvalue weighted by Gasteiger charge is -2.10. The van der Waals surface area contributed by atoms with Crippen LogP contribution in [-0.2, 0) is 0 Å². The third kappa shape index (κ3) is 1.49. The van der Waals surface area contributed by atoms with Gasteiger partial charge in [0.1, 0.15) is 0 Å². The van der Waals surface area contributed by atoms with E-state index in [4.69, 9.17) is 0 Å². The summed E-state index contributed by atoms with van der Waals surface area (Å²) in [5, 5.41) is 1.32. The molecule has 0 saturated carbocycles. The summed E-state index contributed by atoms with van der Waals surface area (Å²) < 4.78 is 2.27. The van der Waals surface area contributed by atoms with E-state index in [0.29, 0.717) is 0 Å². The Labute approximate surface area is 95.7 Å². The van der Waals surface area contributed by atoms with Gasteiger partial charge >= 0.3 is 0 Å². The van der Waals surface area contributed by atoms with Crippen LogP contribution in [0.5, 0.6) is 0 Å². The predicted octanol–water partition coefficient (Wildman–Crippen LogP) is 4.14. The van der Waals surface area contributed by atoms with Crippen molar-refractivity contribution in [1.82, 2.24) is 4.57 Å². The maximum Gasteiger partial charge on any atom is 0.0528 e. The van der Waals surface area contributed by atoms with E-state index in [1.54, 1.807) is 0 Å². The summed E-state index contributed by atoms with van der Waals surface area (Å²) in [6.45, 7) is 2.14. The fourth-order valence-corrected chi connectivity index (χ4v) is 2.27. The van der Waals surface area contributed by atoms with E-state index in [-0.39, 0.29) is 0 Å². The Bertz CT molecular complexity index is 585. The minimum Gasteiger partial charge on any atom is -0.317 e. The molecule has 1 aromatic carbocycles. The summed E-state index contributed by atoms with van der Waals surface area (Å²) in [6.07, 6.45) is 11.2. The van der Waals surface area contributed by atoms with Gasteiger partial charge in [0.25, 0.3) is 0 Å². The average molecular weight is 209 g/mol. The highest BCUT2D eigenvalue weighted by atomic mass is 15.0. The van der Waals surface area contributed by atoms with Crippen LogP contribution in [0.1, 0.15) is 18.4 Å². The molecule has 0 atom stereocenters. The van der Waals surface area contributed by atoms with Gasteiger partial charge in [-0.3, -0.25) is 0 Å². The molecule has 0 unspecified atom stereocenters. The molecule has 0 saturated heterocycles. The molecule has 0 fully saturated rings. The molecule has 0 N–H and O–H groups in total. The number of hydrogen-bond acceptors (Lipinski definition) is 0. The second kappa shape index (κ2) is 3.67. The van der Waals surface area contributed by atoms with Gasteiger partial charge in [-0.1, -0.05) is 23.8 Å². The van der Waals surface area contributed by atoms with E-state index in [1.165, 1.54) is 28.6 Å². The molecular weight excluding hydrogens is 194 g/mol. The highest BCUT2D eigenvalue weighted by Crippen LogP contribution is 2.23. The van der Waals surface area contributed by atoms with Crippen molar-refractivity contribution in [2.24, 2.45) is 0 Å². The monoisotopic (exact) mass is 209 g/mol. The van der Waals surface area contributed by atoms with Gasteiger partial charge in [-0.05, 0) is 44.0 Å². The number of aromatic nitrogens is 1. The van der Waals surface area contributed by atoms with Gasteiger partial charge in [0.2, 0.25) is 0 Å². The van der Waals surface area contributed by atoms with Gasteiger partial charge in [0, 0.05) is 17.3 Å². The molecule has 0 spiro atoms. The molecule has 1 nitrogen and oxygen atoms in total. The van der Waals surface area contributed by atoms with Crippen LogP contribution >= 0.6 is 0 Å². The molecule has 1 heterocycles. The smallest absolute Gasteiger partial charge is 0.0528 e. The molecule has 1 aliphatic rings. The Kier molecular flexibility index (Phi) is 2.17. The molecule has 0 amide bonds. The van der Waals surface area contributed by atoms with E-state index < -0.39 is 0 Å². The molecule has 1 aromatic heterocycles. The molecule has 16 heavy (non-hydrogen) atoms. The van der Waals surface area contributed by atoms with E-state index in [2.05, 4.69) is 60.2 Å². The van der Waals surface area contributed by atoms with Gasteiger partial charge in [-0.25, -0.2) is 0 Å². The van der Waals surface area contributed by atoms with Gasteiger partial charge in [0.15, 0.2) is 0 Å². The molecule has 1 heteroatoms. The van der Waals surface area contributed by atoms with Crippen LogP contribution in [0, 0.1) is 6.92 Å². The minimum atomic E-state index is 1.15. The molecule has 0 radical (unpaired) electrons. The maximum atomic E-state index is 2.30. The van der Waals surface area contributed by atoms with Gasteiger partial charge in [-0.15, -0.1) is 0 Å². The number of aryl methyl sites for hydroxylation is 1. The normalized spacial score (nSPS) is 15.4. The van der Waals surface area contributed by atoms with Crippen molar-refractivity contribution in [1.29, 1.82) is 0 Å². The Morgan fingerprint density at radius 2 is 2.06 bits per heavy atom. The summed E-state index contributed by atoms with van der Waals surface area (Å²) in [5.74, 6) is 0. The fourth-order valence-electron chi connectivity index (χ4n) is 2.27. The third-order valence-corrected chi connectivity index (χ3v) is 3.10. The fraction of sp³-hybridized carbons (Fsp3) is 0.200. The van der Waals surface area contributed by atoms with Crippen molar-refractivity contribution in [3.8, 4) is 0 Å². The van der Waals surface area contributed by atoms with Crippen LogP contribution in [0.2, 0.25) is 0 Å². The molecule has 0 bridgehead atoms. The summed E-state index contributed by atoms with van der Waals surface area (Å²) in [7, 11) is 0. The summed E-state index contributed by atoms with van der Waals surface area (Å²) >= 11 is 0. The van der Waals surface area contributed by atoms with Crippen LogP contribution in [0.4, 0.5) is 0 Å². The van der Waals surface area contributed by atoms with Crippen LogP contribution < -0.4 is 0 Å². The highest BCUT2D eigenvalue weighted by molar-refractivity contribution is 5.85. The average Bonchev–Trinajstić information content (AvgIpc) is 2.73. The first-order valence-electron chi connectivity index (χ1n) is 5.79. The zero-order valence-corrected chi connectivity index (χ0v) is 9.48. The van der Waals surface area contributed by atoms with Crippen LogP contribution in [0.25, 0.3) is 16.6 Å². The topological polar surface area (TPSA) is 4.93 Å². The lowest BCUT2D eigenvalue weighted by molar-refractivity contribution is 1.01. The lowest BCUT2D eigenvalue weighted by atomic mass is 10.1. The molecule has 0 aliphatic heterocycles. The molecule has 80 valence electrons. The number of rotatable bonds is 1. The first kappa shape index (κ1) is 9.46. The number of fused-ring (bicyclic) bond motifs is 1. The standard InChI is InChI=1S/C15H15N/c1-12-7-8-15-13(11-12)9-10-16(15)14-5-3-2-4-6-14/h3,5-11H,2,4H2,1H3. The minimum absolute atomic E-state index is 1.15. The lowest BCUT2D eigenvalue weighted by Crippen LogP contribution is -1.94. The van der Waals surface area contributed by atoms with Crippen molar-refractivity contribution in [3.05, 3.63) is 54.3 Å².